The van der Waals surface area contributed by atoms with Crippen LogP contribution in [-0.2, 0) is 12.7 Å². The third-order valence-corrected chi connectivity index (χ3v) is 7.34. The van der Waals surface area contributed by atoms with Crippen molar-refractivity contribution in [2.45, 2.75) is 51.4 Å². The fourth-order valence-electron chi connectivity index (χ4n) is 5.08. The Morgan fingerprint density at radius 2 is 1.86 bits per heavy atom. The minimum Gasteiger partial charge on any atom is -0.495 e. The number of nitrogens with one attached hydrogen (secondary N) is 2. The first-order valence-corrected chi connectivity index (χ1v) is 13.5. The highest BCUT2D eigenvalue weighted by Crippen LogP contribution is 2.38. The van der Waals surface area contributed by atoms with Gasteiger partial charge >= 0.3 is 6.18 Å². The van der Waals surface area contributed by atoms with Crippen molar-refractivity contribution < 1.29 is 27.4 Å². The number of alkyl halides is 3. The average molecular weight is 581 g/mol. The number of hydrogen-bond acceptors (Lipinski definition) is 7. The maximum Gasteiger partial charge on any atom is 0.416 e. The number of anilines is 1. The van der Waals surface area contributed by atoms with Crippen molar-refractivity contribution in [1.29, 1.82) is 0 Å². The van der Waals surface area contributed by atoms with Crippen LogP contribution in [0, 0.1) is 6.92 Å². The lowest BCUT2D eigenvalue weighted by Crippen LogP contribution is -2.26. The molecule has 0 bridgehead atoms. The number of nitrogens with zero attached hydrogens (tertiary/aromatic N) is 4. The van der Waals surface area contributed by atoms with Gasteiger partial charge in [0, 0.05) is 35.5 Å². The van der Waals surface area contributed by atoms with Crippen LogP contribution in [0.4, 0.5) is 18.9 Å². The number of aryl methyl sites for hydroxylation is 1. The molecule has 0 saturated heterocycles. The molecule has 220 valence electrons. The molecule has 1 aliphatic carbocycles. The Morgan fingerprint density at radius 3 is 2.57 bits per heavy atom. The third-order valence-electron chi connectivity index (χ3n) is 7.34. The monoisotopic (exact) mass is 580 g/mol. The summed E-state index contributed by atoms with van der Waals surface area (Å²) in [6, 6.07) is 8.93. The molecule has 1 fully saturated rings. The van der Waals surface area contributed by atoms with Crippen LogP contribution in [0.3, 0.4) is 0 Å². The Kier molecular flexibility index (Phi) is 8.44. The highest BCUT2D eigenvalue weighted by atomic mass is 19.4. The van der Waals surface area contributed by atoms with E-state index in [1.807, 2.05) is 6.92 Å². The lowest BCUT2D eigenvalue weighted by atomic mass is 10.1. The number of halogens is 3. The summed E-state index contributed by atoms with van der Waals surface area (Å²) in [6.07, 6.45) is 4.43. The zero-order valence-corrected chi connectivity index (χ0v) is 23.5. The largest absolute Gasteiger partial charge is 0.495 e. The first-order chi connectivity index (χ1) is 20.2. The zero-order chi connectivity index (χ0) is 29.9. The van der Waals surface area contributed by atoms with E-state index in [2.05, 4.69) is 25.9 Å². The number of amides is 1. The van der Waals surface area contributed by atoms with Crippen LogP contribution < -0.4 is 20.1 Å². The average Bonchev–Trinajstić information content (AvgIpc) is 3.68. The maximum absolute atomic E-state index is 13.8. The van der Waals surface area contributed by atoms with Crippen LogP contribution in [0.2, 0.25) is 0 Å². The smallest absolute Gasteiger partial charge is 0.416 e. The molecule has 2 heterocycles. The van der Waals surface area contributed by atoms with Gasteiger partial charge < -0.3 is 20.1 Å². The molecule has 12 heteroatoms. The Balaban J connectivity index is 1.43. The summed E-state index contributed by atoms with van der Waals surface area (Å²) in [5, 5.41) is 14.4. The van der Waals surface area contributed by atoms with E-state index in [0.29, 0.717) is 28.3 Å². The molecule has 42 heavy (non-hydrogen) atoms. The number of aromatic nitrogens is 4. The molecule has 1 aliphatic rings. The van der Waals surface area contributed by atoms with Gasteiger partial charge in [0.15, 0.2) is 0 Å². The fourth-order valence-corrected chi connectivity index (χ4v) is 5.08. The number of carbonyl (C=O) groups excluding carboxylic acids is 1. The van der Waals surface area contributed by atoms with Crippen LogP contribution >= 0.6 is 0 Å². The van der Waals surface area contributed by atoms with Crippen LogP contribution in [0.25, 0.3) is 16.9 Å². The van der Waals surface area contributed by atoms with E-state index >= 15 is 0 Å². The number of hydrogen-bond donors (Lipinski definition) is 2. The highest BCUT2D eigenvalue weighted by molar-refractivity contribution is 6.05. The summed E-state index contributed by atoms with van der Waals surface area (Å²) in [7, 11) is 2.92. The minimum atomic E-state index is -4.60. The van der Waals surface area contributed by atoms with Gasteiger partial charge in [0.1, 0.15) is 17.2 Å². The molecule has 0 radical (unpaired) electrons. The molecule has 5 rings (SSSR count). The molecule has 4 aromatic rings. The SMILES string of the molecule is COc1cncc(-c2cn(-c3cc(C(=O)Nc4cc(C(F)(F)F)cc(CNC5CCCC5)c4OC)ccc3C)nn2)c1. The molecule has 2 N–H and O–H groups in total. The second-order valence-electron chi connectivity index (χ2n) is 10.2. The Bertz CT molecular complexity index is 1580. The summed E-state index contributed by atoms with van der Waals surface area (Å²) < 4.78 is 53.8. The molecule has 1 amide bonds. The molecule has 9 nitrogen and oxygen atoms in total. The number of rotatable bonds is 9. The van der Waals surface area contributed by atoms with Gasteiger partial charge in [0.05, 0.1) is 43.6 Å². The van der Waals surface area contributed by atoms with Crippen LogP contribution in [-0.4, -0.2) is 46.1 Å². The van der Waals surface area contributed by atoms with Crippen LogP contribution in [0.15, 0.2) is 55.0 Å². The number of pyridine rings is 1. The first-order valence-electron chi connectivity index (χ1n) is 13.5. The molecule has 0 spiro atoms. The lowest BCUT2D eigenvalue weighted by molar-refractivity contribution is -0.137. The number of methoxy groups -OCH3 is 2. The Labute approximate surface area is 241 Å². The second-order valence-corrected chi connectivity index (χ2v) is 10.2. The summed E-state index contributed by atoms with van der Waals surface area (Å²) in [4.78, 5) is 17.5. The first kappa shape index (κ1) is 29.1. The fraction of sp³-hybridized carbons (Fsp3) is 0.333. The van der Waals surface area contributed by atoms with Crippen molar-refractivity contribution in [3.05, 3.63) is 77.2 Å². The van der Waals surface area contributed by atoms with E-state index in [0.717, 1.165) is 43.4 Å². The number of carbonyl (C=O) groups is 1. The van der Waals surface area contributed by atoms with E-state index in [9.17, 15) is 18.0 Å². The van der Waals surface area contributed by atoms with Crippen molar-refractivity contribution in [3.63, 3.8) is 0 Å². The maximum atomic E-state index is 13.8. The normalized spacial score (nSPS) is 13.8. The second kappa shape index (κ2) is 12.2. The predicted octanol–water partition coefficient (Wildman–Crippen LogP) is 5.96. The lowest BCUT2D eigenvalue weighted by Gasteiger charge is -2.20. The summed E-state index contributed by atoms with van der Waals surface area (Å²) in [5.74, 6) is 0.155. The summed E-state index contributed by atoms with van der Waals surface area (Å²) in [5.41, 5.74) is 2.25. The molecule has 2 aromatic heterocycles. The van der Waals surface area contributed by atoms with Gasteiger partial charge in [-0.05, 0) is 55.7 Å². The van der Waals surface area contributed by atoms with Gasteiger partial charge in [-0.2, -0.15) is 13.2 Å². The van der Waals surface area contributed by atoms with Gasteiger partial charge in [-0.15, -0.1) is 5.10 Å². The predicted molar refractivity (Wildman–Crippen MR) is 151 cm³/mol. The molecule has 1 saturated carbocycles. The number of ether oxygens (including phenoxy) is 2. The van der Waals surface area contributed by atoms with Crippen molar-refractivity contribution in [1.82, 2.24) is 25.3 Å². The third kappa shape index (κ3) is 6.38. The topological polar surface area (TPSA) is 103 Å². The quantitative estimate of drug-likeness (QED) is 0.252. The van der Waals surface area contributed by atoms with E-state index in [1.54, 1.807) is 50.0 Å². The molecular formula is C30H31F3N6O3. The molecular weight excluding hydrogens is 549 g/mol. The van der Waals surface area contributed by atoms with Crippen molar-refractivity contribution in [3.8, 4) is 28.4 Å². The van der Waals surface area contributed by atoms with Crippen molar-refractivity contribution >= 4 is 11.6 Å². The number of benzene rings is 2. The molecule has 2 aromatic carbocycles. The van der Waals surface area contributed by atoms with Gasteiger partial charge in [0.2, 0.25) is 0 Å². The van der Waals surface area contributed by atoms with Gasteiger partial charge in [-0.3, -0.25) is 9.78 Å². The molecule has 0 atom stereocenters. The Morgan fingerprint density at radius 1 is 1.07 bits per heavy atom. The Hall–Kier alpha value is -4.45. The van der Waals surface area contributed by atoms with Crippen LogP contribution in [0.1, 0.15) is 52.7 Å². The molecule has 0 unspecified atom stereocenters. The van der Waals surface area contributed by atoms with E-state index < -0.39 is 17.6 Å². The van der Waals surface area contributed by atoms with Gasteiger partial charge in [-0.1, -0.05) is 24.1 Å². The van der Waals surface area contributed by atoms with Crippen molar-refractivity contribution in [2.24, 2.45) is 0 Å². The van der Waals surface area contributed by atoms with Gasteiger partial charge in [-0.25, -0.2) is 4.68 Å². The van der Waals surface area contributed by atoms with Crippen molar-refractivity contribution in [2.75, 3.05) is 19.5 Å². The summed E-state index contributed by atoms with van der Waals surface area (Å²) >= 11 is 0. The zero-order valence-electron chi connectivity index (χ0n) is 23.5. The highest BCUT2D eigenvalue weighted by Gasteiger charge is 2.33. The van der Waals surface area contributed by atoms with E-state index in [-0.39, 0.29) is 29.6 Å². The minimum absolute atomic E-state index is 0.0590. The summed E-state index contributed by atoms with van der Waals surface area (Å²) in [6.45, 7) is 2.04. The van der Waals surface area contributed by atoms with E-state index in [4.69, 9.17) is 9.47 Å². The molecule has 0 aliphatic heterocycles. The van der Waals surface area contributed by atoms with E-state index in [1.165, 1.54) is 11.8 Å². The van der Waals surface area contributed by atoms with Crippen LogP contribution in [0.5, 0.6) is 11.5 Å². The van der Waals surface area contributed by atoms with Gasteiger partial charge in [0.25, 0.3) is 5.91 Å². The standard InChI is InChI=1S/C30H31F3N6O3/c1-18-8-9-19(12-27(18)39-17-26(37-38-39)20-11-24(41-2)16-34-14-20)29(40)36-25-13-22(30(31,32)33)10-21(28(25)42-3)15-35-23-6-4-5-7-23/h8-14,16-17,23,35H,4-7,15H2,1-3H3,(H,36,40).